The van der Waals surface area contributed by atoms with Crippen LogP contribution in [0, 0.1) is 11.6 Å². The molecule has 1 heterocycles. The molecule has 0 bridgehead atoms. The number of benzene rings is 3. The predicted molar refractivity (Wildman–Crippen MR) is 119 cm³/mol. The number of rotatable bonds is 8. The minimum atomic E-state index is -0.646. The quantitative estimate of drug-likeness (QED) is 0.340. The lowest BCUT2D eigenvalue weighted by atomic mass is 10.2. The Morgan fingerprint density at radius 1 is 0.656 bits per heavy atom. The van der Waals surface area contributed by atoms with Gasteiger partial charge in [0.05, 0.1) is 5.69 Å². The van der Waals surface area contributed by atoms with Crippen LogP contribution in [0.5, 0.6) is 11.6 Å². The first-order valence-electron chi connectivity index (χ1n) is 10.0. The number of hydrogen-bond donors (Lipinski definition) is 0. The number of ether oxygens (including phenoxy) is 2. The molecule has 4 aromatic rings. The highest BCUT2D eigenvalue weighted by Crippen LogP contribution is 2.27. The zero-order valence-electron chi connectivity index (χ0n) is 17.1. The van der Waals surface area contributed by atoms with Crippen molar-refractivity contribution in [1.82, 2.24) is 10.2 Å². The number of halogens is 2. The zero-order chi connectivity index (χ0) is 22.2. The highest BCUT2D eigenvalue weighted by Gasteiger charge is 2.11. The summed E-state index contributed by atoms with van der Waals surface area (Å²) in [6.45, 7) is 0.640. The molecule has 0 aliphatic carbocycles. The van der Waals surface area contributed by atoms with Gasteiger partial charge in [0.2, 0.25) is 0 Å². The van der Waals surface area contributed by atoms with Gasteiger partial charge in [-0.1, -0.05) is 66.7 Å². The first kappa shape index (κ1) is 21.2. The van der Waals surface area contributed by atoms with Crippen LogP contribution >= 0.6 is 0 Å². The zero-order valence-corrected chi connectivity index (χ0v) is 17.1. The minimum absolute atomic E-state index is 0.263. The lowest BCUT2D eigenvalue weighted by Gasteiger charge is -2.12. The molecular weight excluding hydrogens is 410 g/mol. The fourth-order valence-electron chi connectivity index (χ4n) is 2.98. The van der Waals surface area contributed by atoms with E-state index in [-0.39, 0.29) is 5.88 Å². The molecule has 0 saturated heterocycles. The van der Waals surface area contributed by atoms with Crippen molar-refractivity contribution in [2.45, 2.75) is 13.2 Å². The molecule has 160 valence electrons. The largest absolute Gasteiger partial charge is 0.483 e. The summed E-state index contributed by atoms with van der Waals surface area (Å²) in [6, 6.07) is 24.4. The van der Waals surface area contributed by atoms with Gasteiger partial charge in [-0.3, -0.25) is 0 Å². The third kappa shape index (κ3) is 5.98. The van der Waals surface area contributed by atoms with E-state index in [0.717, 1.165) is 17.2 Å². The van der Waals surface area contributed by atoms with E-state index in [1.54, 1.807) is 18.2 Å². The Labute approximate surface area is 184 Å². The molecule has 0 fully saturated rings. The first-order valence-corrected chi connectivity index (χ1v) is 10.0. The molecule has 1 aromatic heterocycles. The molecule has 0 atom stereocenters. The van der Waals surface area contributed by atoms with Crippen LogP contribution in [0.4, 0.5) is 8.78 Å². The van der Waals surface area contributed by atoms with E-state index in [1.165, 1.54) is 12.1 Å². The molecule has 32 heavy (non-hydrogen) atoms. The van der Waals surface area contributed by atoms with Crippen molar-refractivity contribution in [2.75, 3.05) is 0 Å². The van der Waals surface area contributed by atoms with Crippen LogP contribution < -0.4 is 9.47 Å². The fraction of sp³-hybridized carbons (Fsp3) is 0.0769. The van der Waals surface area contributed by atoms with E-state index in [2.05, 4.69) is 10.2 Å². The molecule has 0 aliphatic heterocycles. The van der Waals surface area contributed by atoms with Crippen molar-refractivity contribution in [3.05, 3.63) is 119 Å². The second-order valence-corrected chi connectivity index (χ2v) is 7.02. The lowest BCUT2D eigenvalue weighted by molar-refractivity contribution is 0.244. The molecular formula is C26H20F2N2O2. The molecule has 4 rings (SSSR count). The van der Waals surface area contributed by atoms with Crippen molar-refractivity contribution in [1.29, 1.82) is 0 Å². The summed E-state index contributed by atoms with van der Waals surface area (Å²) in [7, 11) is 0. The third-order valence-corrected chi connectivity index (χ3v) is 4.53. The normalized spacial score (nSPS) is 10.9. The van der Waals surface area contributed by atoms with Gasteiger partial charge in [-0.2, -0.15) is 0 Å². The minimum Gasteiger partial charge on any atom is -0.483 e. The maximum Gasteiger partial charge on any atom is 0.276 e. The summed E-state index contributed by atoms with van der Waals surface area (Å²) >= 11 is 0. The molecule has 0 amide bonds. The van der Waals surface area contributed by atoms with E-state index >= 15 is 0 Å². The second-order valence-electron chi connectivity index (χ2n) is 7.02. The van der Waals surface area contributed by atoms with E-state index in [0.29, 0.717) is 30.2 Å². The van der Waals surface area contributed by atoms with Crippen molar-refractivity contribution in [3.8, 4) is 11.6 Å². The highest BCUT2D eigenvalue weighted by molar-refractivity contribution is 5.68. The topological polar surface area (TPSA) is 44.2 Å². The standard InChI is InChI=1S/C26H20F2N2O2/c27-22-13-21(14-23(28)15-22)11-12-24-16-25(31-17-19-7-3-1-4-8-19)26(30-29-24)32-18-20-9-5-2-6-10-20/h1-16H,17-18H2/b12-11+. The summed E-state index contributed by atoms with van der Waals surface area (Å²) in [6.07, 6.45) is 3.17. The SMILES string of the molecule is Fc1cc(F)cc(/C=C/c2cc(OCc3ccccc3)c(OCc3ccccc3)nn2)c1. The van der Waals surface area contributed by atoms with Crippen LogP contribution in [0.1, 0.15) is 22.4 Å². The van der Waals surface area contributed by atoms with Crippen LogP contribution in [-0.2, 0) is 13.2 Å². The molecule has 0 saturated carbocycles. The molecule has 0 N–H and O–H groups in total. The smallest absolute Gasteiger partial charge is 0.276 e. The third-order valence-electron chi connectivity index (χ3n) is 4.53. The van der Waals surface area contributed by atoms with Gasteiger partial charge in [0.25, 0.3) is 5.88 Å². The number of hydrogen-bond acceptors (Lipinski definition) is 4. The maximum atomic E-state index is 13.4. The Kier molecular flexibility index (Phi) is 6.82. The maximum absolute atomic E-state index is 13.4. The average molecular weight is 430 g/mol. The summed E-state index contributed by atoms with van der Waals surface area (Å²) < 4.78 is 38.6. The van der Waals surface area contributed by atoms with Gasteiger partial charge in [0, 0.05) is 12.1 Å². The molecule has 3 aromatic carbocycles. The Bertz CT molecular complexity index is 1180. The Morgan fingerprint density at radius 3 is 1.88 bits per heavy atom. The molecule has 0 radical (unpaired) electrons. The summed E-state index contributed by atoms with van der Waals surface area (Å²) in [5, 5.41) is 8.29. The molecule has 0 aliphatic rings. The predicted octanol–water partition coefficient (Wildman–Crippen LogP) is 6.08. The first-order chi connectivity index (χ1) is 15.7. The van der Waals surface area contributed by atoms with Gasteiger partial charge in [0.1, 0.15) is 24.8 Å². The van der Waals surface area contributed by atoms with E-state index < -0.39 is 11.6 Å². The van der Waals surface area contributed by atoms with E-state index in [4.69, 9.17) is 9.47 Å². The monoisotopic (exact) mass is 430 g/mol. The highest BCUT2D eigenvalue weighted by atomic mass is 19.1. The van der Waals surface area contributed by atoms with Gasteiger partial charge in [-0.15, -0.1) is 10.2 Å². The van der Waals surface area contributed by atoms with Crippen LogP contribution in [0.3, 0.4) is 0 Å². The summed E-state index contributed by atoms with van der Waals surface area (Å²) in [4.78, 5) is 0. The van der Waals surface area contributed by atoms with Gasteiger partial charge in [-0.05, 0) is 34.9 Å². The van der Waals surface area contributed by atoms with E-state index in [9.17, 15) is 8.78 Å². The van der Waals surface area contributed by atoms with Crippen LogP contribution in [0.25, 0.3) is 12.2 Å². The Balaban J connectivity index is 1.55. The average Bonchev–Trinajstić information content (AvgIpc) is 2.81. The van der Waals surface area contributed by atoms with Gasteiger partial charge >= 0.3 is 0 Å². The Morgan fingerprint density at radius 2 is 1.25 bits per heavy atom. The summed E-state index contributed by atoms with van der Waals surface area (Å²) in [5.74, 6) is -0.608. The van der Waals surface area contributed by atoms with Crippen LogP contribution in [0.2, 0.25) is 0 Å². The molecule has 4 nitrogen and oxygen atoms in total. The number of aromatic nitrogens is 2. The number of nitrogens with zero attached hydrogens (tertiary/aromatic N) is 2. The van der Waals surface area contributed by atoms with Crippen molar-refractivity contribution >= 4 is 12.2 Å². The van der Waals surface area contributed by atoms with Gasteiger partial charge in [-0.25, -0.2) is 8.78 Å². The Hall–Kier alpha value is -4.06. The van der Waals surface area contributed by atoms with Crippen LogP contribution in [-0.4, -0.2) is 10.2 Å². The van der Waals surface area contributed by atoms with Crippen molar-refractivity contribution in [2.24, 2.45) is 0 Å². The van der Waals surface area contributed by atoms with Crippen molar-refractivity contribution < 1.29 is 18.3 Å². The molecule has 0 spiro atoms. The second kappa shape index (κ2) is 10.3. The summed E-state index contributed by atoms with van der Waals surface area (Å²) in [5.41, 5.74) is 2.82. The van der Waals surface area contributed by atoms with Gasteiger partial charge < -0.3 is 9.47 Å². The fourth-order valence-corrected chi connectivity index (χ4v) is 2.98. The van der Waals surface area contributed by atoms with Crippen LogP contribution in [0.15, 0.2) is 84.9 Å². The molecule has 6 heteroatoms. The molecule has 0 unspecified atom stereocenters. The van der Waals surface area contributed by atoms with E-state index in [1.807, 2.05) is 60.7 Å². The van der Waals surface area contributed by atoms with Crippen molar-refractivity contribution in [3.63, 3.8) is 0 Å². The lowest BCUT2D eigenvalue weighted by Crippen LogP contribution is -2.04. The van der Waals surface area contributed by atoms with Gasteiger partial charge in [0.15, 0.2) is 5.75 Å².